The third-order valence-electron chi connectivity index (χ3n) is 1.93. The van der Waals surface area contributed by atoms with E-state index in [1.165, 1.54) is 6.42 Å². The van der Waals surface area contributed by atoms with Crippen LogP contribution >= 0.6 is 0 Å². The van der Waals surface area contributed by atoms with Crippen molar-refractivity contribution < 1.29 is 5.11 Å². The minimum absolute atomic E-state index is 0.167. The first-order chi connectivity index (χ1) is 5.16. The van der Waals surface area contributed by atoms with Gasteiger partial charge in [0.05, 0.1) is 6.10 Å². The minimum atomic E-state index is -0.167. The largest absolute Gasteiger partial charge is 0.393 e. The zero-order chi connectivity index (χ0) is 8.69. The standard InChI is InChI=1S/C9H21NO/c1-4-8(2)7-10-6-5-9(3)11/h8-11H,4-7H2,1-3H3. The van der Waals surface area contributed by atoms with Gasteiger partial charge in [0.2, 0.25) is 0 Å². The van der Waals surface area contributed by atoms with Crippen molar-refractivity contribution in [1.82, 2.24) is 5.32 Å². The predicted octanol–water partition coefficient (Wildman–Crippen LogP) is 1.39. The second kappa shape index (κ2) is 6.62. The Kier molecular flexibility index (Phi) is 6.57. The minimum Gasteiger partial charge on any atom is -0.393 e. The topological polar surface area (TPSA) is 32.3 Å². The van der Waals surface area contributed by atoms with Gasteiger partial charge in [-0.2, -0.15) is 0 Å². The fourth-order valence-corrected chi connectivity index (χ4v) is 0.804. The Morgan fingerprint density at radius 1 is 1.36 bits per heavy atom. The Hall–Kier alpha value is -0.0800. The first kappa shape index (κ1) is 10.9. The summed E-state index contributed by atoms with van der Waals surface area (Å²) in [5.41, 5.74) is 0. The molecule has 0 radical (unpaired) electrons. The number of aliphatic hydroxyl groups excluding tert-OH is 1. The van der Waals surface area contributed by atoms with Crippen LogP contribution in [0.15, 0.2) is 0 Å². The molecule has 2 nitrogen and oxygen atoms in total. The molecule has 0 rings (SSSR count). The molecule has 0 fully saturated rings. The summed E-state index contributed by atoms with van der Waals surface area (Å²) in [4.78, 5) is 0. The van der Waals surface area contributed by atoms with E-state index in [1.54, 1.807) is 0 Å². The van der Waals surface area contributed by atoms with Gasteiger partial charge in [-0.1, -0.05) is 20.3 Å². The number of hydrogen-bond acceptors (Lipinski definition) is 2. The van der Waals surface area contributed by atoms with Gasteiger partial charge in [-0.15, -0.1) is 0 Å². The molecule has 0 aromatic heterocycles. The summed E-state index contributed by atoms with van der Waals surface area (Å²) in [6.45, 7) is 8.26. The Morgan fingerprint density at radius 3 is 2.45 bits per heavy atom. The average molecular weight is 159 g/mol. The molecule has 0 bridgehead atoms. The molecule has 68 valence electrons. The molecule has 0 aromatic carbocycles. The first-order valence-electron chi connectivity index (χ1n) is 4.55. The van der Waals surface area contributed by atoms with Gasteiger partial charge in [-0.05, 0) is 32.4 Å². The monoisotopic (exact) mass is 159 g/mol. The van der Waals surface area contributed by atoms with E-state index in [0.29, 0.717) is 0 Å². The highest BCUT2D eigenvalue weighted by molar-refractivity contribution is 4.56. The Bertz CT molecular complexity index is 83.6. The average Bonchev–Trinajstić information content (AvgIpc) is 1.97. The van der Waals surface area contributed by atoms with Crippen molar-refractivity contribution in [2.24, 2.45) is 5.92 Å². The SMILES string of the molecule is CCC(C)CNCCC(C)O. The van der Waals surface area contributed by atoms with Crippen LogP contribution in [0.4, 0.5) is 0 Å². The first-order valence-corrected chi connectivity index (χ1v) is 4.55. The fourth-order valence-electron chi connectivity index (χ4n) is 0.804. The lowest BCUT2D eigenvalue weighted by Gasteiger charge is -2.10. The molecule has 2 N–H and O–H groups in total. The summed E-state index contributed by atoms with van der Waals surface area (Å²) >= 11 is 0. The normalized spacial score (nSPS) is 16.4. The molecule has 0 amide bonds. The zero-order valence-corrected chi connectivity index (χ0v) is 7.93. The number of nitrogens with one attached hydrogen (secondary N) is 1. The molecule has 0 aliphatic carbocycles. The van der Waals surface area contributed by atoms with Gasteiger partial charge in [0.1, 0.15) is 0 Å². The number of aliphatic hydroxyl groups is 1. The van der Waals surface area contributed by atoms with Crippen molar-refractivity contribution in [2.45, 2.75) is 39.7 Å². The van der Waals surface area contributed by atoms with Crippen molar-refractivity contribution in [1.29, 1.82) is 0 Å². The van der Waals surface area contributed by atoms with Gasteiger partial charge in [0.25, 0.3) is 0 Å². The van der Waals surface area contributed by atoms with Gasteiger partial charge >= 0.3 is 0 Å². The second-order valence-corrected chi connectivity index (χ2v) is 3.36. The number of rotatable bonds is 6. The van der Waals surface area contributed by atoms with Gasteiger partial charge in [-0.25, -0.2) is 0 Å². The van der Waals surface area contributed by atoms with Crippen LogP contribution in [0.3, 0.4) is 0 Å². The molecule has 0 aliphatic heterocycles. The maximum atomic E-state index is 8.93. The van der Waals surface area contributed by atoms with Crippen LogP contribution in [0.1, 0.15) is 33.6 Å². The second-order valence-electron chi connectivity index (χ2n) is 3.36. The lowest BCUT2D eigenvalue weighted by molar-refractivity contribution is 0.183. The highest BCUT2D eigenvalue weighted by Gasteiger charge is 1.98. The van der Waals surface area contributed by atoms with E-state index in [-0.39, 0.29) is 6.10 Å². The molecule has 11 heavy (non-hydrogen) atoms. The summed E-state index contributed by atoms with van der Waals surface area (Å²) < 4.78 is 0. The van der Waals surface area contributed by atoms with E-state index in [0.717, 1.165) is 25.4 Å². The Balaban J connectivity index is 3.01. The van der Waals surface area contributed by atoms with Crippen molar-refractivity contribution in [2.75, 3.05) is 13.1 Å². The van der Waals surface area contributed by atoms with E-state index in [9.17, 15) is 0 Å². The smallest absolute Gasteiger partial charge is 0.0524 e. The molecular formula is C9H21NO. The third kappa shape index (κ3) is 7.82. The van der Waals surface area contributed by atoms with Crippen LogP contribution in [-0.2, 0) is 0 Å². The van der Waals surface area contributed by atoms with E-state index in [1.807, 2.05) is 6.92 Å². The van der Waals surface area contributed by atoms with Crippen LogP contribution < -0.4 is 5.32 Å². The molecule has 0 aromatic rings. The van der Waals surface area contributed by atoms with Gasteiger partial charge in [0.15, 0.2) is 0 Å². The van der Waals surface area contributed by atoms with Crippen molar-refractivity contribution >= 4 is 0 Å². The fraction of sp³-hybridized carbons (Fsp3) is 1.00. The quantitative estimate of drug-likeness (QED) is 0.574. The molecule has 0 saturated carbocycles. The maximum Gasteiger partial charge on any atom is 0.0524 e. The van der Waals surface area contributed by atoms with Crippen LogP contribution in [0.2, 0.25) is 0 Å². The van der Waals surface area contributed by atoms with Crippen molar-refractivity contribution in [3.05, 3.63) is 0 Å². The highest BCUT2D eigenvalue weighted by atomic mass is 16.3. The third-order valence-corrected chi connectivity index (χ3v) is 1.93. The summed E-state index contributed by atoms with van der Waals surface area (Å²) in [7, 11) is 0. The molecule has 2 atom stereocenters. The molecule has 2 unspecified atom stereocenters. The van der Waals surface area contributed by atoms with E-state index < -0.39 is 0 Å². The van der Waals surface area contributed by atoms with Crippen LogP contribution in [0.25, 0.3) is 0 Å². The molecule has 2 heteroatoms. The van der Waals surface area contributed by atoms with Gasteiger partial charge in [-0.3, -0.25) is 0 Å². The molecule has 0 aliphatic rings. The number of hydrogen-bond donors (Lipinski definition) is 2. The van der Waals surface area contributed by atoms with Crippen molar-refractivity contribution in [3.63, 3.8) is 0 Å². The van der Waals surface area contributed by atoms with Crippen LogP contribution in [0.5, 0.6) is 0 Å². The predicted molar refractivity (Wildman–Crippen MR) is 48.6 cm³/mol. The summed E-state index contributed by atoms with van der Waals surface area (Å²) in [6.07, 6.45) is 1.91. The van der Waals surface area contributed by atoms with Crippen molar-refractivity contribution in [3.8, 4) is 0 Å². The highest BCUT2D eigenvalue weighted by Crippen LogP contribution is 1.97. The summed E-state index contributed by atoms with van der Waals surface area (Å²) in [6, 6.07) is 0. The van der Waals surface area contributed by atoms with E-state index in [4.69, 9.17) is 5.11 Å². The maximum absolute atomic E-state index is 8.93. The molecule has 0 saturated heterocycles. The lowest BCUT2D eigenvalue weighted by atomic mass is 10.1. The van der Waals surface area contributed by atoms with Gasteiger partial charge < -0.3 is 10.4 Å². The Morgan fingerprint density at radius 2 is 2.00 bits per heavy atom. The lowest BCUT2D eigenvalue weighted by Crippen LogP contribution is -2.24. The van der Waals surface area contributed by atoms with Crippen LogP contribution in [-0.4, -0.2) is 24.3 Å². The molecule has 0 heterocycles. The van der Waals surface area contributed by atoms with Gasteiger partial charge in [0, 0.05) is 0 Å². The van der Waals surface area contributed by atoms with E-state index >= 15 is 0 Å². The van der Waals surface area contributed by atoms with E-state index in [2.05, 4.69) is 19.2 Å². The summed E-state index contributed by atoms with van der Waals surface area (Å²) in [5, 5.41) is 12.2. The molecule has 0 spiro atoms. The zero-order valence-electron chi connectivity index (χ0n) is 7.93. The summed E-state index contributed by atoms with van der Waals surface area (Å²) in [5.74, 6) is 0.754. The van der Waals surface area contributed by atoms with Crippen LogP contribution in [0, 0.1) is 5.92 Å². The molecular weight excluding hydrogens is 138 g/mol. The Labute approximate surface area is 70.0 Å².